The molecule has 1 aliphatic heterocycles. The zero-order chi connectivity index (χ0) is 22.0. The van der Waals surface area contributed by atoms with Gasteiger partial charge in [-0.2, -0.15) is 13.2 Å². The van der Waals surface area contributed by atoms with Gasteiger partial charge in [0.2, 0.25) is 5.91 Å². The fourth-order valence-electron chi connectivity index (χ4n) is 4.12. The Bertz CT molecular complexity index is 1120. The topological polar surface area (TPSA) is 36.1 Å². The summed E-state index contributed by atoms with van der Waals surface area (Å²) in [7, 11) is 0. The second kappa shape index (κ2) is 8.79. The van der Waals surface area contributed by atoms with Gasteiger partial charge in [-0.25, -0.2) is 0 Å². The molecule has 0 bridgehead atoms. The highest BCUT2D eigenvalue weighted by Gasteiger charge is 2.34. The molecule has 0 radical (unpaired) electrons. The Kier molecular flexibility index (Phi) is 6.10. The predicted molar refractivity (Wildman–Crippen MR) is 117 cm³/mol. The van der Waals surface area contributed by atoms with Crippen molar-refractivity contribution >= 4 is 34.0 Å². The van der Waals surface area contributed by atoms with Crippen molar-refractivity contribution in [2.24, 2.45) is 0 Å². The van der Waals surface area contributed by atoms with E-state index in [-0.39, 0.29) is 21.8 Å². The van der Waals surface area contributed by atoms with Gasteiger partial charge in [-0.15, -0.1) is 0 Å². The van der Waals surface area contributed by atoms with E-state index in [1.165, 1.54) is 17.2 Å². The molecule has 0 unspecified atom stereocenters. The van der Waals surface area contributed by atoms with Gasteiger partial charge in [0, 0.05) is 31.1 Å². The minimum absolute atomic E-state index is 0.0253. The highest BCUT2D eigenvalue weighted by Crippen LogP contribution is 2.39. The maximum Gasteiger partial charge on any atom is 0.417 e. The zero-order valence-electron chi connectivity index (χ0n) is 16.8. The first-order valence-electron chi connectivity index (χ1n) is 10.2. The molecule has 0 aliphatic carbocycles. The van der Waals surface area contributed by atoms with Gasteiger partial charge in [0.1, 0.15) is 0 Å². The van der Waals surface area contributed by atoms with Crippen molar-refractivity contribution in [1.29, 1.82) is 0 Å². The van der Waals surface area contributed by atoms with Gasteiger partial charge in [-0.1, -0.05) is 48.0 Å². The Morgan fingerprint density at radius 3 is 2.58 bits per heavy atom. The number of H-pyrrole nitrogens is 1. The van der Waals surface area contributed by atoms with Crippen molar-refractivity contribution < 1.29 is 18.0 Å². The van der Waals surface area contributed by atoms with Crippen LogP contribution in [0.5, 0.6) is 0 Å². The molecule has 7 heteroatoms. The SMILES string of the molecule is O=C(CCCc1c[nH]c2c(Cl)ccc(C(F)(F)F)c12)N1CC=C(c2ccccc2)CC1. The standard InChI is InChI=1S/C24H22ClF3N2O/c25-20-10-9-19(24(26,27)28)22-18(15-29-23(20)22)7-4-8-21(31)30-13-11-17(12-14-30)16-5-2-1-3-6-16/h1-3,5-6,9-11,15,29H,4,7-8,12-14H2. The van der Waals surface area contributed by atoms with Gasteiger partial charge >= 0.3 is 6.18 Å². The second-order valence-electron chi connectivity index (χ2n) is 7.70. The normalized spacial score (nSPS) is 14.7. The van der Waals surface area contributed by atoms with Crippen molar-refractivity contribution in [1.82, 2.24) is 9.88 Å². The first kappa shape index (κ1) is 21.5. The van der Waals surface area contributed by atoms with E-state index >= 15 is 0 Å². The van der Waals surface area contributed by atoms with Gasteiger partial charge < -0.3 is 9.88 Å². The summed E-state index contributed by atoms with van der Waals surface area (Å²) in [6, 6.07) is 12.4. The van der Waals surface area contributed by atoms with E-state index < -0.39 is 11.7 Å². The lowest BCUT2D eigenvalue weighted by Gasteiger charge is -2.26. The molecule has 1 N–H and O–H groups in total. The largest absolute Gasteiger partial charge is 0.417 e. The third kappa shape index (κ3) is 4.64. The summed E-state index contributed by atoms with van der Waals surface area (Å²) in [5, 5.41) is 0.348. The Morgan fingerprint density at radius 1 is 1.13 bits per heavy atom. The van der Waals surface area contributed by atoms with Crippen molar-refractivity contribution in [3.8, 4) is 0 Å². The molecule has 4 rings (SSSR count). The van der Waals surface area contributed by atoms with Gasteiger partial charge in [-0.05, 0) is 48.1 Å². The molecule has 1 aliphatic rings. The predicted octanol–water partition coefficient (Wildman–Crippen LogP) is 6.48. The van der Waals surface area contributed by atoms with E-state index in [2.05, 4.69) is 23.2 Å². The first-order chi connectivity index (χ1) is 14.8. The van der Waals surface area contributed by atoms with Gasteiger partial charge in [0.15, 0.2) is 0 Å². The molecule has 0 atom stereocenters. The van der Waals surface area contributed by atoms with E-state index in [0.717, 1.165) is 12.5 Å². The average Bonchev–Trinajstić information content (AvgIpc) is 3.18. The van der Waals surface area contributed by atoms with Crippen molar-refractivity contribution in [3.05, 3.63) is 76.5 Å². The van der Waals surface area contributed by atoms with Gasteiger partial charge in [0.25, 0.3) is 0 Å². The third-order valence-corrected chi connectivity index (χ3v) is 6.03. The maximum absolute atomic E-state index is 13.4. The second-order valence-corrected chi connectivity index (χ2v) is 8.10. The number of carbonyl (C=O) groups excluding carboxylic acids is 1. The summed E-state index contributed by atoms with van der Waals surface area (Å²) in [5.41, 5.74) is 2.52. The summed E-state index contributed by atoms with van der Waals surface area (Å²) >= 11 is 6.07. The van der Waals surface area contributed by atoms with Crippen molar-refractivity contribution in [3.63, 3.8) is 0 Å². The van der Waals surface area contributed by atoms with E-state index in [4.69, 9.17) is 11.6 Å². The van der Waals surface area contributed by atoms with E-state index in [9.17, 15) is 18.0 Å². The minimum atomic E-state index is -4.47. The number of halogens is 4. The molecule has 3 aromatic rings. The van der Waals surface area contributed by atoms with Crippen LogP contribution in [0.25, 0.3) is 16.5 Å². The smallest absolute Gasteiger partial charge is 0.360 e. The molecule has 1 amide bonds. The molecule has 0 fully saturated rings. The molecular weight excluding hydrogens is 425 g/mol. The monoisotopic (exact) mass is 446 g/mol. The number of amides is 1. The zero-order valence-corrected chi connectivity index (χ0v) is 17.6. The van der Waals surface area contributed by atoms with E-state index in [0.29, 0.717) is 37.9 Å². The number of fused-ring (bicyclic) bond motifs is 1. The Labute approximate surface area is 183 Å². The lowest BCUT2D eigenvalue weighted by atomic mass is 9.99. The number of hydrogen-bond donors (Lipinski definition) is 1. The van der Waals surface area contributed by atoms with Gasteiger partial charge in [0.05, 0.1) is 16.1 Å². The van der Waals surface area contributed by atoms with Crippen molar-refractivity contribution in [2.45, 2.75) is 31.9 Å². The summed E-state index contributed by atoms with van der Waals surface area (Å²) < 4.78 is 40.3. The van der Waals surface area contributed by atoms with Crippen LogP contribution in [0.2, 0.25) is 5.02 Å². The number of carbonyl (C=O) groups is 1. The van der Waals surface area contributed by atoms with Crippen LogP contribution in [0.4, 0.5) is 13.2 Å². The highest BCUT2D eigenvalue weighted by atomic mass is 35.5. The maximum atomic E-state index is 13.4. The molecule has 0 saturated heterocycles. The molecule has 2 heterocycles. The minimum Gasteiger partial charge on any atom is -0.360 e. The number of alkyl halides is 3. The molecular formula is C24H22ClF3N2O. The fourth-order valence-corrected chi connectivity index (χ4v) is 4.33. The number of hydrogen-bond acceptors (Lipinski definition) is 1. The van der Waals surface area contributed by atoms with Crippen LogP contribution in [-0.4, -0.2) is 28.9 Å². The van der Waals surface area contributed by atoms with Crippen LogP contribution in [0.15, 0.2) is 54.7 Å². The summed E-state index contributed by atoms with van der Waals surface area (Å²) in [5.74, 6) is 0.0253. The van der Waals surface area contributed by atoms with Crippen LogP contribution in [0.3, 0.4) is 0 Å². The van der Waals surface area contributed by atoms with Crippen LogP contribution >= 0.6 is 11.6 Å². The van der Waals surface area contributed by atoms with Crippen LogP contribution in [0, 0.1) is 0 Å². The average molecular weight is 447 g/mol. The summed E-state index contributed by atoms with van der Waals surface area (Å²) in [6.45, 7) is 1.21. The van der Waals surface area contributed by atoms with E-state index in [1.54, 1.807) is 11.1 Å². The number of aromatic amines is 1. The fraction of sp³-hybridized carbons (Fsp3) is 0.292. The molecule has 162 valence electrons. The van der Waals surface area contributed by atoms with E-state index in [1.807, 2.05) is 18.2 Å². The number of aromatic nitrogens is 1. The Hall–Kier alpha value is -2.73. The number of nitrogens with one attached hydrogen (secondary N) is 1. The van der Waals surface area contributed by atoms with Crippen LogP contribution in [-0.2, 0) is 17.4 Å². The molecule has 1 aromatic heterocycles. The lowest BCUT2D eigenvalue weighted by Crippen LogP contribution is -2.34. The molecule has 2 aromatic carbocycles. The van der Waals surface area contributed by atoms with Gasteiger partial charge in [-0.3, -0.25) is 4.79 Å². The number of benzene rings is 2. The van der Waals surface area contributed by atoms with Crippen molar-refractivity contribution in [2.75, 3.05) is 13.1 Å². The molecule has 0 saturated carbocycles. The summed E-state index contributed by atoms with van der Waals surface area (Å²) in [6.07, 6.45) is 1.11. The number of aryl methyl sites for hydroxylation is 1. The first-order valence-corrected chi connectivity index (χ1v) is 10.6. The van der Waals surface area contributed by atoms with Crippen LogP contribution < -0.4 is 0 Å². The quantitative estimate of drug-likeness (QED) is 0.478. The molecule has 3 nitrogen and oxygen atoms in total. The highest BCUT2D eigenvalue weighted by molar-refractivity contribution is 6.35. The van der Waals surface area contributed by atoms with Crippen LogP contribution in [0.1, 0.15) is 36.0 Å². The number of nitrogens with zero attached hydrogens (tertiary/aromatic N) is 1. The summed E-state index contributed by atoms with van der Waals surface area (Å²) in [4.78, 5) is 17.3. The molecule has 0 spiro atoms. The number of rotatable bonds is 5. The Morgan fingerprint density at radius 2 is 1.90 bits per heavy atom. The third-order valence-electron chi connectivity index (χ3n) is 5.71. The lowest BCUT2D eigenvalue weighted by molar-refractivity contribution is -0.136. The molecule has 31 heavy (non-hydrogen) atoms. The Balaban J connectivity index is 1.39.